The summed E-state index contributed by atoms with van der Waals surface area (Å²) in [6.07, 6.45) is 8.73. The van der Waals surface area contributed by atoms with E-state index in [0.29, 0.717) is 0 Å². The Morgan fingerprint density at radius 3 is 1.81 bits per heavy atom. The quantitative estimate of drug-likeness (QED) is 0.194. The van der Waals surface area contributed by atoms with Gasteiger partial charge in [0.15, 0.2) is 0 Å². The lowest BCUT2D eigenvalue weighted by molar-refractivity contribution is 0.269. The molecule has 2 heteroatoms. The first kappa shape index (κ1) is 27.7. The van der Waals surface area contributed by atoms with E-state index in [0.717, 1.165) is 22.8 Å². The summed E-state index contributed by atoms with van der Waals surface area (Å²) < 4.78 is 6.51. The Bertz CT molecular complexity index is 2160. The highest BCUT2D eigenvalue weighted by Crippen LogP contribution is 2.53. The maximum Gasteiger partial charge on any atom is 0.128 e. The largest absolute Gasteiger partial charge is 0.485 e. The Hall–Kier alpha value is -5.60. The molecule has 1 aliphatic heterocycles. The number of benzene rings is 6. The van der Waals surface area contributed by atoms with Crippen molar-refractivity contribution in [1.82, 2.24) is 0 Å². The molecule has 47 heavy (non-hydrogen) atoms. The highest BCUT2D eigenvalue weighted by molar-refractivity contribution is 5.91. The van der Waals surface area contributed by atoms with Gasteiger partial charge in [0.25, 0.3) is 0 Å². The van der Waals surface area contributed by atoms with Crippen LogP contribution in [-0.4, -0.2) is 6.10 Å². The predicted octanol–water partition coefficient (Wildman–Crippen LogP) is 11.8. The van der Waals surface area contributed by atoms with Gasteiger partial charge in [-0.15, -0.1) is 0 Å². The Balaban J connectivity index is 1.16. The van der Waals surface area contributed by atoms with Crippen molar-refractivity contribution in [2.75, 3.05) is 4.90 Å². The molecular formula is C45H35NO. The van der Waals surface area contributed by atoms with Crippen LogP contribution in [0.2, 0.25) is 0 Å². The Labute approximate surface area is 276 Å². The van der Waals surface area contributed by atoms with E-state index in [-0.39, 0.29) is 17.4 Å². The Morgan fingerprint density at radius 1 is 0.511 bits per heavy atom. The van der Waals surface area contributed by atoms with Crippen LogP contribution in [0.5, 0.6) is 5.75 Å². The second kappa shape index (κ2) is 10.7. The van der Waals surface area contributed by atoms with E-state index in [9.17, 15) is 0 Å². The molecule has 6 aromatic carbocycles. The average Bonchev–Trinajstić information content (AvgIpc) is 3.60. The van der Waals surface area contributed by atoms with Crippen molar-refractivity contribution in [1.29, 1.82) is 0 Å². The predicted molar refractivity (Wildman–Crippen MR) is 195 cm³/mol. The minimum absolute atomic E-state index is 0.0582. The fourth-order valence-corrected chi connectivity index (χ4v) is 7.81. The molecule has 3 aliphatic rings. The fraction of sp³-hybridized carbons (Fsp3) is 0.111. The molecule has 2 atom stereocenters. The van der Waals surface area contributed by atoms with Crippen molar-refractivity contribution in [3.05, 3.63) is 181 Å². The van der Waals surface area contributed by atoms with E-state index in [1.54, 1.807) is 0 Å². The van der Waals surface area contributed by atoms with E-state index in [2.05, 4.69) is 183 Å². The molecule has 0 fully saturated rings. The highest BCUT2D eigenvalue weighted by Gasteiger charge is 2.37. The third-order valence-electron chi connectivity index (χ3n) is 10.2. The maximum atomic E-state index is 6.51. The molecule has 2 aliphatic carbocycles. The number of allylic oxidation sites excluding steroid dienone is 2. The lowest BCUT2D eigenvalue weighted by atomic mass is 9.80. The van der Waals surface area contributed by atoms with Crippen LogP contribution in [0, 0.1) is 0 Å². The normalized spacial score (nSPS) is 17.7. The van der Waals surface area contributed by atoms with Gasteiger partial charge >= 0.3 is 0 Å². The summed E-state index contributed by atoms with van der Waals surface area (Å²) in [5.41, 5.74) is 14.7. The standard InChI is InChI=1S/C45H35NO/c1-45(2)41-26-31(39-29-44-40(37-20-12-13-21-43(37)47-44)28-38(39)30-14-6-3-7-15-30)22-24-35(41)36-25-23-34(27-42(36)45)46(32-16-8-4-9-17-32)33-18-10-5-11-19-33/h3-29,37,43H,1-2H3. The van der Waals surface area contributed by atoms with Gasteiger partial charge in [-0.3, -0.25) is 0 Å². The second-order valence-corrected chi connectivity index (χ2v) is 13.3. The summed E-state index contributed by atoms with van der Waals surface area (Å²) in [5, 5.41) is 0. The van der Waals surface area contributed by atoms with E-state index in [1.165, 1.54) is 50.1 Å². The van der Waals surface area contributed by atoms with Crippen molar-refractivity contribution < 1.29 is 4.74 Å². The minimum Gasteiger partial charge on any atom is -0.485 e. The smallest absolute Gasteiger partial charge is 0.128 e. The summed E-state index contributed by atoms with van der Waals surface area (Å²) in [5.74, 6) is 1.24. The molecule has 0 amide bonds. The number of rotatable bonds is 5. The number of ether oxygens (including phenoxy) is 1. The molecule has 0 spiro atoms. The fourth-order valence-electron chi connectivity index (χ4n) is 7.81. The van der Waals surface area contributed by atoms with Gasteiger partial charge in [-0.05, 0) is 105 Å². The topological polar surface area (TPSA) is 12.5 Å². The molecule has 0 aromatic heterocycles. The second-order valence-electron chi connectivity index (χ2n) is 13.3. The van der Waals surface area contributed by atoms with Gasteiger partial charge in [0.1, 0.15) is 11.9 Å². The molecule has 0 N–H and O–H groups in total. The van der Waals surface area contributed by atoms with Crippen molar-refractivity contribution in [2.24, 2.45) is 0 Å². The first-order valence-electron chi connectivity index (χ1n) is 16.5. The minimum atomic E-state index is -0.180. The zero-order chi connectivity index (χ0) is 31.5. The number of fused-ring (bicyclic) bond motifs is 6. The molecule has 0 saturated carbocycles. The lowest BCUT2D eigenvalue weighted by Gasteiger charge is -2.28. The monoisotopic (exact) mass is 605 g/mol. The van der Waals surface area contributed by atoms with Crippen LogP contribution < -0.4 is 9.64 Å². The van der Waals surface area contributed by atoms with Crippen LogP contribution in [0.3, 0.4) is 0 Å². The van der Waals surface area contributed by atoms with E-state index >= 15 is 0 Å². The van der Waals surface area contributed by atoms with Gasteiger partial charge in [0.05, 0.1) is 0 Å². The molecule has 0 saturated heterocycles. The average molecular weight is 606 g/mol. The molecule has 6 aromatic rings. The van der Waals surface area contributed by atoms with Crippen LogP contribution in [-0.2, 0) is 5.41 Å². The van der Waals surface area contributed by atoms with Crippen LogP contribution in [0.25, 0.3) is 33.4 Å². The summed E-state index contributed by atoms with van der Waals surface area (Å²) in [7, 11) is 0. The van der Waals surface area contributed by atoms with Crippen molar-refractivity contribution in [3.8, 4) is 39.1 Å². The Morgan fingerprint density at radius 2 is 1.11 bits per heavy atom. The zero-order valence-electron chi connectivity index (χ0n) is 26.6. The van der Waals surface area contributed by atoms with Crippen molar-refractivity contribution in [3.63, 3.8) is 0 Å². The molecule has 2 nitrogen and oxygen atoms in total. The molecule has 0 radical (unpaired) electrons. The van der Waals surface area contributed by atoms with Crippen LogP contribution in [0.15, 0.2) is 164 Å². The summed E-state index contributed by atoms with van der Waals surface area (Å²) in [6.45, 7) is 4.74. The number of anilines is 3. The highest BCUT2D eigenvalue weighted by atomic mass is 16.5. The molecule has 1 heterocycles. The van der Waals surface area contributed by atoms with Gasteiger partial charge in [0, 0.05) is 34.0 Å². The molecule has 226 valence electrons. The van der Waals surface area contributed by atoms with E-state index in [1.807, 2.05) is 0 Å². The number of para-hydroxylation sites is 2. The van der Waals surface area contributed by atoms with Gasteiger partial charge in [-0.2, -0.15) is 0 Å². The summed E-state index contributed by atoms with van der Waals surface area (Å²) in [6, 6.07) is 50.8. The molecule has 2 unspecified atom stereocenters. The first-order chi connectivity index (χ1) is 23.1. The molecular weight excluding hydrogens is 571 g/mol. The van der Waals surface area contributed by atoms with E-state index in [4.69, 9.17) is 4.74 Å². The van der Waals surface area contributed by atoms with Crippen molar-refractivity contribution in [2.45, 2.75) is 31.3 Å². The van der Waals surface area contributed by atoms with Crippen LogP contribution >= 0.6 is 0 Å². The first-order valence-corrected chi connectivity index (χ1v) is 16.5. The number of nitrogens with zero attached hydrogens (tertiary/aromatic N) is 1. The van der Waals surface area contributed by atoms with Crippen LogP contribution in [0.4, 0.5) is 17.1 Å². The number of hydrogen-bond acceptors (Lipinski definition) is 2. The number of hydrogen-bond donors (Lipinski definition) is 0. The van der Waals surface area contributed by atoms with E-state index < -0.39 is 0 Å². The molecule has 9 rings (SSSR count). The van der Waals surface area contributed by atoms with Gasteiger partial charge in [0.2, 0.25) is 0 Å². The van der Waals surface area contributed by atoms with Gasteiger partial charge in [-0.1, -0.05) is 117 Å². The summed E-state index contributed by atoms with van der Waals surface area (Å²) in [4.78, 5) is 2.35. The van der Waals surface area contributed by atoms with Gasteiger partial charge < -0.3 is 9.64 Å². The SMILES string of the molecule is CC1(C)c2cc(-c3cc4c(cc3-c3ccccc3)C3C=CC=CC3O4)ccc2-c2ccc(N(c3ccccc3)c3ccccc3)cc21. The third-order valence-corrected chi connectivity index (χ3v) is 10.2. The van der Waals surface area contributed by atoms with Crippen molar-refractivity contribution >= 4 is 17.1 Å². The van der Waals surface area contributed by atoms with Crippen LogP contribution in [0.1, 0.15) is 36.5 Å². The molecule has 0 bridgehead atoms. The lowest BCUT2D eigenvalue weighted by Crippen LogP contribution is -2.16. The zero-order valence-corrected chi connectivity index (χ0v) is 26.6. The maximum absolute atomic E-state index is 6.51. The third kappa shape index (κ3) is 4.47. The summed E-state index contributed by atoms with van der Waals surface area (Å²) >= 11 is 0. The Kier molecular flexibility index (Phi) is 6.33. The van der Waals surface area contributed by atoms with Gasteiger partial charge in [-0.25, -0.2) is 0 Å².